The summed E-state index contributed by atoms with van der Waals surface area (Å²) < 4.78 is 0. The first-order valence-electron chi connectivity index (χ1n) is 50.9. The zero-order chi connectivity index (χ0) is 102. The van der Waals surface area contributed by atoms with Crippen molar-refractivity contribution in [3.63, 3.8) is 0 Å². The molecule has 0 aliphatic carbocycles. The van der Waals surface area contributed by atoms with Crippen LogP contribution >= 0.6 is 0 Å². The number of nitrogens with zero attached hydrogens (tertiary/aromatic N) is 6. The van der Waals surface area contributed by atoms with Crippen molar-refractivity contribution in [2.45, 2.75) is 119 Å². The number of aryl methyl sites for hydroxylation is 3. The van der Waals surface area contributed by atoms with Crippen LogP contribution < -0.4 is 15.6 Å². The SMILES string of the molecule is CC(C)c1ccccc1-c1ccc2c3cc(-c4ccc([Si](C)(C)C)cn4)[c-]cc3c3ccccc3c2c1.CC(C)c1ccccc1-c1ccc2c3ccccc3c3c[c-]c(-c4ccc([Si](C)(C)C)cn4)cc3c2c1.C[Si](C)(C)c1ccc(-c2[c-]cc3c4ccccc4c4cc(-c5ccccc5)ccc4c3c2)nc1.Cc1cc[c-]c(-c2ccccn2)c1.Cc1cc[c-]c(-c2ccccn2)c1.Cc1cc[c-]c(-c2ccccn2)c1.[Ir].[Ir].[Ir]. The van der Waals surface area contributed by atoms with Crippen LogP contribution in [-0.2, 0) is 60.3 Å². The molecule has 150 heavy (non-hydrogen) atoms. The van der Waals surface area contributed by atoms with Crippen LogP contribution in [0, 0.1) is 57.2 Å². The minimum Gasteiger partial charge on any atom is -0.305 e. The van der Waals surface area contributed by atoms with Gasteiger partial charge in [-0.15, -0.1) is 177 Å². The molecular weight excluding hydrogens is 2400 g/mol. The molecule has 6 nitrogen and oxygen atoms in total. The van der Waals surface area contributed by atoms with E-state index in [-0.39, 0.29) is 60.3 Å². The van der Waals surface area contributed by atoms with Gasteiger partial charge < -0.3 is 29.9 Å². The molecule has 24 aromatic rings. The summed E-state index contributed by atoms with van der Waals surface area (Å²) in [7, 11) is -4.15. The van der Waals surface area contributed by atoms with Gasteiger partial charge in [0, 0.05) is 97.5 Å². The van der Waals surface area contributed by atoms with Gasteiger partial charge in [0.15, 0.2) is 0 Å². The maximum absolute atomic E-state index is 4.86. The quantitative estimate of drug-likeness (QED) is 0.0613. The molecule has 0 spiro atoms. The molecule has 24 rings (SSSR count). The monoisotopic (exact) mass is 2520 g/mol. The van der Waals surface area contributed by atoms with Gasteiger partial charge in [0.1, 0.15) is 0 Å². The van der Waals surface area contributed by atoms with Crippen LogP contribution in [0.1, 0.15) is 67.3 Å². The Kier molecular flexibility index (Phi) is 34.9. The summed E-state index contributed by atoms with van der Waals surface area (Å²) >= 11 is 0. The Morgan fingerprint density at radius 3 is 0.760 bits per heavy atom. The molecular formula is C138H120Ir3N6Si3-6. The predicted octanol–water partition coefficient (Wildman–Crippen LogP) is 35.5. The molecule has 0 N–H and O–H groups in total. The Morgan fingerprint density at radius 2 is 0.453 bits per heavy atom. The molecule has 6 heterocycles. The second-order valence-corrected chi connectivity index (χ2v) is 57.1. The number of pyridine rings is 6. The van der Waals surface area contributed by atoms with Gasteiger partial charge in [0.2, 0.25) is 0 Å². The molecule has 6 aromatic heterocycles. The van der Waals surface area contributed by atoms with Crippen LogP contribution in [0.5, 0.6) is 0 Å². The Hall–Kier alpha value is -14.2. The van der Waals surface area contributed by atoms with Crippen LogP contribution in [0.25, 0.3) is 198 Å². The van der Waals surface area contributed by atoms with Gasteiger partial charge in [-0.25, -0.2) is 0 Å². The van der Waals surface area contributed by atoms with Gasteiger partial charge in [0.05, 0.1) is 24.2 Å². The number of hydrogen-bond donors (Lipinski definition) is 0. The normalized spacial score (nSPS) is 11.3. The maximum atomic E-state index is 4.86. The zero-order valence-electron chi connectivity index (χ0n) is 87.8. The molecule has 12 heteroatoms. The molecule has 0 atom stereocenters. The summed E-state index contributed by atoms with van der Waals surface area (Å²) in [5.74, 6) is 0.935. The third-order valence-corrected chi connectivity index (χ3v) is 33.7. The van der Waals surface area contributed by atoms with Crippen LogP contribution in [0.3, 0.4) is 0 Å². The van der Waals surface area contributed by atoms with Gasteiger partial charge in [0.25, 0.3) is 0 Å². The Labute approximate surface area is 928 Å². The topological polar surface area (TPSA) is 77.3 Å². The molecule has 0 saturated carbocycles. The molecule has 18 aromatic carbocycles. The summed E-state index contributed by atoms with van der Waals surface area (Å²) in [6.07, 6.45) is 11.6. The van der Waals surface area contributed by atoms with Gasteiger partial charge in [-0.3, -0.25) is 0 Å². The molecule has 3 radical (unpaired) electrons. The second-order valence-electron chi connectivity index (χ2n) is 41.8. The molecule has 0 bridgehead atoms. The number of aromatic nitrogens is 6. The average molecular weight is 2520 g/mol. The zero-order valence-corrected chi connectivity index (χ0v) is 97.9. The maximum Gasteiger partial charge on any atom is 0.0795 e. The van der Waals surface area contributed by atoms with Crippen molar-refractivity contribution in [3.05, 3.63) is 490 Å². The first-order chi connectivity index (χ1) is 71.2. The van der Waals surface area contributed by atoms with Crippen LogP contribution in [0.4, 0.5) is 0 Å². The fourth-order valence-electron chi connectivity index (χ4n) is 19.5. The first-order valence-corrected chi connectivity index (χ1v) is 61.4. The molecule has 0 fully saturated rings. The minimum atomic E-state index is -1.39. The van der Waals surface area contributed by atoms with E-state index >= 15 is 0 Å². The third-order valence-electron chi connectivity index (χ3n) is 27.6. The smallest absolute Gasteiger partial charge is 0.0795 e. The van der Waals surface area contributed by atoms with E-state index in [1.54, 1.807) is 18.6 Å². The van der Waals surface area contributed by atoms with E-state index in [0.29, 0.717) is 11.8 Å². The number of hydrogen-bond acceptors (Lipinski definition) is 6. The molecule has 0 saturated heterocycles. The van der Waals surface area contributed by atoms with Crippen LogP contribution in [0.2, 0.25) is 58.9 Å². The van der Waals surface area contributed by atoms with Crippen LogP contribution in [-0.4, -0.2) is 54.1 Å². The fraction of sp³-hybridized carbons (Fsp3) is 0.130. The fourth-order valence-corrected chi connectivity index (χ4v) is 22.6. The summed E-state index contributed by atoms with van der Waals surface area (Å²) in [5.41, 5.74) is 26.3. The Bertz CT molecular complexity index is 8670. The van der Waals surface area contributed by atoms with E-state index in [1.165, 1.54) is 174 Å². The number of benzene rings is 18. The summed E-state index contributed by atoms with van der Waals surface area (Å²) in [6.45, 7) is 36.5. The first kappa shape index (κ1) is 109. The van der Waals surface area contributed by atoms with Crippen molar-refractivity contribution in [2.24, 2.45) is 0 Å². The predicted molar refractivity (Wildman–Crippen MR) is 636 cm³/mol. The Morgan fingerprint density at radius 1 is 0.200 bits per heavy atom. The second kappa shape index (κ2) is 48.2. The standard InChI is InChI=1S/2C35H32NSi.C32H26NSi.3C12H10N.3Ir/c1-23(2)27-10-6-7-11-28(27)24-14-17-32-33(20-24)30-13-9-8-12-29(30)31-18-15-25(21-34(31)32)35-19-16-26(22-36-35)37(3,4)5;1-23(2)27-10-6-7-11-28(27)24-14-17-31-29-12-8-9-13-30(29)32-18-15-25(21-34(32)33(31)20-24)35-19-16-26(22-36-35)37(3,4)5;1-34(2,3)25-15-18-32(33-21-25)24-14-17-28-26-11-7-8-12-27(26)30-19-23(22-9-5-4-6-10-22)13-16-29(30)31(28)20-24;3*1-10-5-4-6-11(9-10)12-7-2-3-8-13-12;;;/h2*6-14,16-23H,1-5H3;4-13,15-21H,1-3H3;3*2-5,7-9H,1H3;;;/q6*-1;;;. The molecule has 747 valence electrons. The minimum absolute atomic E-state index is 0. The van der Waals surface area contributed by atoms with Crippen molar-refractivity contribution >= 4 is 137 Å². The van der Waals surface area contributed by atoms with Crippen molar-refractivity contribution in [2.75, 3.05) is 0 Å². The van der Waals surface area contributed by atoms with E-state index in [9.17, 15) is 0 Å². The summed E-state index contributed by atoms with van der Waals surface area (Å²) in [5, 5.41) is 26.9. The van der Waals surface area contributed by atoms with Crippen molar-refractivity contribution in [1.82, 2.24) is 29.9 Å². The summed E-state index contributed by atoms with van der Waals surface area (Å²) in [4.78, 5) is 27.3. The van der Waals surface area contributed by atoms with Gasteiger partial charge in [-0.05, 0) is 191 Å². The van der Waals surface area contributed by atoms with Crippen LogP contribution in [0.15, 0.2) is 425 Å². The van der Waals surface area contributed by atoms with Crippen molar-refractivity contribution < 1.29 is 60.3 Å². The van der Waals surface area contributed by atoms with E-state index < -0.39 is 24.2 Å². The van der Waals surface area contributed by atoms with Gasteiger partial charge in [-0.2, -0.15) is 0 Å². The van der Waals surface area contributed by atoms with Gasteiger partial charge in [-0.1, -0.05) is 417 Å². The van der Waals surface area contributed by atoms with E-state index in [2.05, 4.69) is 475 Å². The number of fused-ring (bicyclic) bond motifs is 18. The van der Waals surface area contributed by atoms with E-state index in [1.807, 2.05) is 91.0 Å². The van der Waals surface area contributed by atoms with E-state index in [4.69, 9.17) is 15.0 Å². The molecule has 0 unspecified atom stereocenters. The molecule has 0 aliphatic heterocycles. The number of rotatable bonds is 14. The van der Waals surface area contributed by atoms with Crippen molar-refractivity contribution in [1.29, 1.82) is 0 Å². The van der Waals surface area contributed by atoms with E-state index in [0.717, 1.165) is 67.5 Å². The average Bonchev–Trinajstić information content (AvgIpc) is 0.743. The van der Waals surface area contributed by atoms with Crippen molar-refractivity contribution in [3.8, 4) is 101 Å². The Balaban J connectivity index is 0.000000135. The largest absolute Gasteiger partial charge is 0.305 e. The third kappa shape index (κ3) is 24.7. The molecule has 0 aliphatic rings. The van der Waals surface area contributed by atoms with Gasteiger partial charge >= 0.3 is 0 Å². The summed E-state index contributed by atoms with van der Waals surface area (Å²) in [6, 6.07) is 158. The molecule has 0 amide bonds.